The molecule has 0 aliphatic carbocycles. The summed E-state index contributed by atoms with van der Waals surface area (Å²) in [5.41, 5.74) is 2.19. The number of benzene rings is 2. The first-order chi connectivity index (χ1) is 14.6. The van der Waals surface area contributed by atoms with Crippen LogP contribution in [0.2, 0.25) is 5.02 Å². The predicted octanol–water partition coefficient (Wildman–Crippen LogP) is 4.76. The van der Waals surface area contributed by atoms with Gasteiger partial charge in [-0.15, -0.1) is 5.10 Å². The molecule has 0 aliphatic rings. The van der Waals surface area contributed by atoms with Crippen LogP contribution in [-0.4, -0.2) is 25.7 Å². The number of ether oxygens (including phenoxy) is 1. The van der Waals surface area contributed by atoms with Gasteiger partial charge >= 0.3 is 0 Å². The summed E-state index contributed by atoms with van der Waals surface area (Å²) >= 11 is 6.98. The van der Waals surface area contributed by atoms with Crippen LogP contribution in [0.4, 0.5) is 10.8 Å². The molecule has 4 aromatic rings. The molecule has 148 valence electrons. The first kappa shape index (κ1) is 19.6. The standard InChI is InChI=1S/C20H13ClN6O2S/c1-22-15-4-2-3-5-16(15)27-12-23-10-17(27)18(28)24-19-25-26-20(30-19)29-11-13-6-8-14(21)9-7-13/h2-10,12H,11H2,(H,24,25,28). The van der Waals surface area contributed by atoms with Gasteiger partial charge in [-0.3, -0.25) is 10.1 Å². The van der Waals surface area contributed by atoms with Crippen LogP contribution in [-0.2, 0) is 6.61 Å². The maximum absolute atomic E-state index is 12.7. The average molecular weight is 437 g/mol. The fourth-order valence-corrected chi connectivity index (χ4v) is 3.34. The minimum absolute atomic E-state index is 0.268. The van der Waals surface area contributed by atoms with E-state index in [0.717, 1.165) is 16.9 Å². The van der Waals surface area contributed by atoms with E-state index >= 15 is 0 Å². The monoisotopic (exact) mass is 436 g/mol. The Labute approximate surface area is 180 Å². The third-order valence-electron chi connectivity index (χ3n) is 4.04. The van der Waals surface area contributed by atoms with Gasteiger partial charge in [0.1, 0.15) is 12.3 Å². The molecule has 10 heteroatoms. The van der Waals surface area contributed by atoms with Gasteiger partial charge in [-0.2, -0.15) is 0 Å². The van der Waals surface area contributed by atoms with Crippen molar-refractivity contribution in [3.63, 3.8) is 0 Å². The topological polar surface area (TPSA) is 86.3 Å². The molecule has 0 spiro atoms. The van der Waals surface area contributed by atoms with Crippen LogP contribution in [0.5, 0.6) is 5.19 Å². The molecule has 0 aliphatic heterocycles. The van der Waals surface area contributed by atoms with Crippen LogP contribution in [0.25, 0.3) is 10.5 Å². The van der Waals surface area contributed by atoms with Gasteiger partial charge < -0.3 is 9.30 Å². The molecule has 2 aromatic heterocycles. The predicted molar refractivity (Wildman–Crippen MR) is 113 cm³/mol. The van der Waals surface area contributed by atoms with E-state index in [9.17, 15) is 4.79 Å². The van der Waals surface area contributed by atoms with E-state index in [1.165, 1.54) is 12.5 Å². The van der Waals surface area contributed by atoms with E-state index in [1.54, 1.807) is 41.0 Å². The molecule has 1 N–H and O–H groups in total. The summed E-state index contributed by atoms with van der Waals surface area (Å²) in [6.45, 7) is 7.62. The summed E-state index contributed by atoms with van der Waals surface area (Å²) in [4.78, 5) is 20.3. The number of amides is 1. The van der Waals surface area contributed by atoms with Crippen LogP contribution in [0.3, 0.4) is 0 Å². The summed E-state index contributed by atoms with van der Waals surface area (Å²) in [6, 6.07) is 14.3. The Balaban J connectivity index is 1.45. The minimum Gasteiger partial charge on any atom is -0.464 e. The lowest BCUT2D eigenvalue weighted by molar-refractivity contribution is 0.102. The number of hydrogen-bond donors (Lipinski definition) is 1. The second-order valence-electron chi connectivity index (χ2n) is 5.99. The van der Waals surface area contributed by atoms with Crippen LogP contribution in [0, 0.1) is 6.57 Å². The van der Waals surface area contributed by atoms with Crippen molar-refractivity contribution in [2.75, 3.05) is 5.32 Å². The number of aromatic nitrogens is 4. The van der Waals surface area contributed by atoms with Gasteiger partial charge in [0.05, 0.1) is 24.8 Å². The molecule has 4 rings (SSSR count). The number of nitrogens with zero attached hydrogens (tertiary/aromatic N) is 5. The van der Waals surface area contributed by atoms with E-state index < -0.39 is 5.91 Å². The Morgan fingerprint density at radius 1 is 1.20 bits per heavy atom. The normalized spacial score (nSPS) is 10.4. The SMILES string of the molecule is [C-]#[N+]c1ccccc1-n1cncc1C(=O)Nc1nnc(OCc2ccc(Cl)cc2)s1. The molecule has 0 unspecified atom stereocenters. The van der Waals surface area contributed by atoms with E-state index in [1.807, 2.05) is 12.1 Å². The number of imidazole rings is 1. The Bertz CT molecular complexity index is 1230. The summed E-state index contributed by atoms with van der Waals surface area (Å²) < 4.78 is 7.17. The second kappa shape index (κ2) is 8.73. The third-order valence-corrected chi connectivity index (χ3v) is 5.04. The van der Waals surface area contributed by atoms with E-state index in [-0.39, 0.29) is 10.8 Å². The van der Waals surface area contributed by atoms with Crippen molar-refractivity contribution in [3.8, 4) is 10.9 Å². The molecule has 0 atom stereocenters. The zero-order chi connectivity index (χ0) is 20.9. The van der Waals surface area contributed by atoms with Crippen LogP contribution < -0.4 is 10.1 Å². The van der Waals surface area contributed by atoms with Gasteiger partial charge in [0, 0.05) is 5.02 Å². The van der Waals surface area contributed by atoms with Crippen molar-refractivity contribution in [1.29, 1.82) is 0 Å². The lowest BCUT2D eigenvalue weighted by Crippen LogP contribution is -2.16. The number of hydrogen-bond acceptors (Lipinski definition) is 6. The Morgan fingerprint density at radius 3 is 2.80 bits per heavy atom. The quantitative estimate of drug-likeness (QED) is 0.440. The van der Waals surface area contributed by atoms with Crippen LogP contribution in [0.1, 0.15) is 16.1 Å². The summed E-state index contributed by atoms with van der Waals surface area (Å²) in [5.74, 6) is -0.423. The number of carbonyl (C=O) groups is 1. The first-order valence-electron chi connectivity index (χ1n) is 8.65. The van der Waals surface area contributed by atoms with Crippen molar-refractivity contribution >= 4 is 39.7 Å². The molecular weight excluding hydrogens is 424 g/mol. The highest BCUT2D eigenvalue weighted by Crippen LogP contribution is 2.26. The van der Waals surface area contributed by atoms with Gasteiger partial charge in [0.2, 0.25) is 10.8 Å². The number of anilines is 1. The van der Waals surface area contributed by atoms with Gasteiger partial charge in [0.25, 0.3) is 11.1 Å². The third kappa shape index (κ3) is 4.30. The minimum atomic E-state index is -0.423. The van der Waals surface area contributed by atoms with Crippen LogP contribution >= 0.6 is 22.9 Å². The molecular formula is C20H13ClN6O2S. The van der Waals surface area contributed by atoms with E-state index in [0.29, 0.717) is 28.2 Å². The fourth-order valence-electron chi connectivity index (χ4n) is 2.62. The van der Waals surface area contributed by atoms with Crippen molar-refractivity contribution in [3.05, 3.63) is 88.8 Å². The van der Waals surface area contributed by atoms with Crippen molar-refractivity contribution in [2.24, 2.45) is 0 Å². The van der Waals surface area contributed by atoms with Gasteiger partial charge in [-0.1, -0.05) is 47.0 Å². The molecule has 2 aromatic carbocycles. The fraction of sp³-hybridized carbons (Fsp3) is 0.0500. The van der Waals surface area contributed by atoms with Gasteiger partial charge in [-0.05, 0) is 35.1 Å². The molecule has 2 heterocycles. The number of halogens is 1. The number of para-hydroxylation sites is 2. The number of nitrogens with one attached hydrogen (secondary N) is 1. The lowest BCUT2D eigenvalue weighted by Gasteiger charge is -2.09. The summed E-state index contributed by atoms with van der Waals surface area (Å²) in [7, 11) is 0. The summed E-state index contributed by atoms with van der Waals surface area (Å²) in [5, 5.41) is 11.8. The molecule has 0 saturated carbocycles. The Hall–Kier alpha value is -3.74. The Kier molecular flexibility index (Phi) is 5.70. The highest BCUT2D eigenvalue weighted by molar-refractivity contribution is 7.17. The molecule has 0 saturated heterocycles. The summed E-state index contributed by atoms with van der Waals surface area (Å²) in [6.07, 6.45) is 2.91. The molecule has 30 heavy (non-hydrogen) atoms. The lowest BCUT2D eigenvalue weighted by atomic mass is 10.2. The molecule has 0 radical (unpaired) electrons. The number of carbonyl (C=O) groups excluding carboxylic acids is 1. The maximum atomic E-state index is 12.7. The zero-order valence-electron chi connectivity index (χ0n) is 15.3. The molecule has 0 fully saturated rings. The van der Waals surface area contributed by atoms with Crippen molar-refractivity contribution in [2.45, 2.75) is 6.61 Å². The molecule has 1 amide bonds. The van der Waals surface area contributed by atoms with Crippen LogP contribution in [0.15, 0.2) is 61.1 Å². The van der Waals surface area contributed by atoms with Crippen molar-refractivity contribution in [1.82, 2.24) is 19.7 Å². The van der Waals surface area contributed by atoms with E-state index in [2.05, 4.69) is 25.3 Å². The largest absolute Gasteiger partial charge is 0.464 e. The molecule has 0 bridgehead atoms. The Morgan fingerprint density at radius 2 is 2.00 bits per heavy atom. The number of rotatable bonds is 6. The second-order valence-corrected chi connectivity index (χ2v) is 7.37. The first-order valence-corrected chi connectivity index (χ1v) is 9.85. The van der Waals surface area contributed by atoms with Gasteiger partial charge in [0.15, 0.2) is 0 Å². The van der Waals surface area contributed by atoms with Gasteiger partial charge in [-0.25, -0.2) is 9.83 Å². The highest BCUT2D eigenvalue weighted by atomic mass is 35.5. The van der Waals surface area contributed by atoms with Crippen molar-refractivity contribution < 1.29 is 9.53 Å². The molecule has 8 nitrogen and oxygen atoms in total. The van der Waals surface area contributed by atoms with E-state index in [4.69, 9.17) is 22.9 Å². The highest BCUT2D eigenvalue weighted by Gasteiger charge is 2.17. The smallest absolute Gasteiger partial charge is 0.296 e. The zero-order valence-corrected chi connectivity index (χ0v) is 16.9. The maximum Gasteiger partial charge on any atom is 0.296 e. The average Bonchev–Trinajstić information content (AvgIpc) is 3.43.